The zero-order chi connectivity index (χ0) is 14.9. The monoisotopic (exact) mass is 294 g/mol. The first-order valence-corrected chi connectivity index (χ1v) is 7.98. The summed E-state index contributed by atoms with van der Waals surface area (Å²) >= 11 is 1.64. The third-order valence-electron chi connectivity index (χ3n) is 3.82. The Morgan fingerprint density at radius 1 is 1.40 bits per heavy atom. The number of rotatable bonds is 4. The van der Waals surface area contributed by atoms with E-state index in [0.29, 0.717) is 6.42 Å². The van der Waals surface area contributed by atoms with Crippen molar-refractivity contribution in [2.24, 2.45) is 0 Å². The lowest BCUT2D eigenvalue weighted by Crippen LogP contribution is -2.68. The van der Waals surface area contributed by atoms with Gasteiger partial charge in [-0.15, -0.1) is 11.3 Å². The number of nitrogens with one attached hydrogen (secondary N) is 1. The number of hydrogen-bond donors (Lipinski definition) is 1. The van der Waals surface area contributed by atoms with Crippen molar-refractivity contribution in [3.63, 3.8) is 0 Å². The molecule has 110 valence electrons. The molecule has 2 unspecified atom stereocenters. The van der Waals surface area contributed by atoms with Gasteiger partial charge >= 0.3 is 0 Å². The summed E-state index contributed by atoms with van der Waals surface area (Å²) in [5.41, 5.74) is -0.826. The summed E-state index contributed by atoms with van der Waals surface area (Å²) in [7, 11) is 0. The molecule has 0 spiro atoms. The van der Waals surface area contributed by atoms with Gasteiger partial charge in [-0.3, -0.25) is 9.59 Å². The molecule has 1 N–H and O–H groups in total. The fourth-order valence-corrected chi connectivity index (χ4v) is 3.70. The molecule has 1 fully saturated rings. The van der Waals surface area contributed by atoms with Crippen LogP contribution in [0.15, 0.2) is 17.5 Å². The fraction of sp³-hybridized carbons (Fsp3) is 0.600. The van der Waals surface area contributed by atoms with Crippen LogP contribution in [0.25, 0.3) is 0 Å². The highest BCUT2D eigenvalue weighted by atomic mass is 32.1. The van der Waals surface area contributed by atoms with Crippen molar-refractivity contribution >= 4 is 23.2 Å². The van der Waals surface area contributed by atoms with E-state index in [1.54, 1.807) is 30.1 Å². The Labute approximate surface area is 124 Å². The van der Waals surface area contributed by atoms with Crippen molar-refractivity contribution in [2.45, 2.75) is 58.2 Å². The van der Waals surface area contributed by atoms with Crippen LogP contribution in [0.1, 0.15) is 51.5 Å². The number of piperazine rings is 1. The highest BCUT2D eigenvalue weighted by Crippen LogP contribution is 2.34. The van der Waals surface area contributed by atoms with Crippen LogP contribution >= 0.6 is 11.3 Å². The summed E-state index contributed by atoms with van der Waals surface area (Å²) < 4.78 is 0. The van der Waals surface area contributed by atoms with Crippen LogP contribution in [-0.2, 0) is 9.59 Å². The van der Waals surface area contributed by atoms with E-state index in [0.717, 1.165) is 11.3 Å². The van der Waals surface area contributed by atoms with Gasteiger partial charge < -0.3 is 10.2 Å². The van der Waals surface area contributed by atoms with E-state index in [-0.39, 0.29) is 23.9 Å². The van der Waals surface area contributed by atoms with E-state index < -0.39 is 5.54 Å². The number of amides is 2. The maximum absolute atomic E-state index is 12.8. The minimum absolute atomic E-state index is 0.00389. The van der Waals surface area contributed by atoms with E-state index in [1.165, 1.54) is 0 Å². The molecule has 1 aliphatic rings. The SMILES string of the molecule is CCC1C(=O)NC(C)(C)C(=O)N1C(CC)c1cccs1. The van der Waals surface area contributed by atoms with Crippen LogP contribution in [0.3, 0.4) is 0 Å². The Balaban J connectivity index is 2.42. The normalized spacial score (nSPS) is 23.6. The Morgan fingerprint density at radius 2 is 2.10 bits per heavy atom. The van der Waals surface area contributed by atoms with Crippen LogP contribution in [0.2, 0.25) is 0 Å². The molecule has 0 saturated carbocycles. The maximum Gasteiger partial charge on any atom is 0.248 e. The predicted octanol–water partition coefficient (Wildman–Crippen LogP) is 2.71. The topological polar surface area (TPSA) is 49.4 Å². The van der Waals surface area contributed by atoms with Crippen molar-refractivity contribution in [3.8, 4) is 0 Å². The predicted molar refractivity (Wildman–Crippen MR) is 80.5 cm³/mol. The van der Waals surface area contributed by atoms with E-state index in [1.807, 2.05) is 24.4 Å². The quantitative estimate of drug-likeness (QED) is 0.928. The molecule has 2 heterocycles. The highest BCUT2D eigenvalue weighted by Gasteiger charge is 2.47. The van der Waals surface area contributed by atoms with E-state index in [9.17, 15) is 9.59 Å². The lowest BCUT2D eigenvalue weighted by molar-refractivity contribution is -0.156. The van der Waals surface area contributed by atoms with Gasteiger partial charge in [0.15, 0.2) is 0 Å². The Hall–Kier alpha value is -1.36. The van der Waals surface area contributed by atoms with Gasteiger partial charge in [0.2, 0.25) is 11.8 Å². The van der Waals surface area contributed by atoms with Gasteiger partial charge in [-0.25, -0.2) is 0 Å². The summed E-state index contributed by atoms with van der Waals surface area (Å²) in [5.74, 6) is -0.0451. The van der Waals surface area contributed by atoms with Gasteiger partial charge in [0.1, 0.15) is 11.6 Å². The number of carbonyl (C=O) groups excluding carboxylic acids is 2. The van der Waals surface area contributed by atoms with Gasteiger partial charge in [-0.2, -0.15) is 0 Å². The van der Waals surface area contributed by atoms with Crippen molar-refractivity contribution in [1.82, 2.24) is 10.2 Å². The van der Waals surface area contributed by atoms with Crippen molar-refractivity contribution in [1.29, 1.82) is 0 Å². The molecule has 1 aromatic heterocycles. The highest BCUT2D eigenvalue weighted by molar-refractivity contribution is 7.10. The Kier molecular flexibility index (Phi) is 4.18. The Morgan fingerprint density at radius 3 is 2.60 bits per heavy atom. The molecule has 2 atom stereocenters. The molecule has 0 aliphatic carbocycles. The summed E-state index contributed by atoms with van der Waals surface area (Å²) in [6.07, 6.45) is 1.45. The van der Waals surface area contributed by atoms with Crippen LogP contribution in [0.5, 0.6) is 0 Å². The molecule has 1 saturated heterocycles. The second-order valence-corrected chi connectivity index (χ2v) is 6.67. The van der Waals surface area contributed by atoms with Gasteiger partial charge in [-0.1, -0.05) is 19.9 Å². The molecule has 4 nitrogen and oxygen atoms in total. The number of thiophene rings is 1. The summed E-state index contributed by atoms with van der Waals surface area (Å²) in [5, 5.41) is 4.85. The minimum atomic E-state index is -0.826. The number of nitrogens with zero attached hydrogens (tertiary/aromatic N) is 1. The molecular weight excluding hydrogens is 272 g/mol. The van der Waals surface area contributed by atoms with Gasteiger partial charge in [0.05, 0.1) is 6.04 Å². The smallest absolute Gasteiger partial charge is 0.248 e. The average molecular weight is 294 g/mol. The second kappa shape index (κ2) is 5.56. The molecule has 1 aliphatic heterocycles. The fourth-order valence-electron chi connectivity index (χ4n) is 2.79. The van der Waals surface area contributed by atoms with E-state index in [4.69, 9.17) is 0 Å². The van der Waals surface area contributed by atoms with Crippen LogP contribution in [0, 0.1) is 0 Å². The van der Waals surface area contributed by atoms with E-state index in [2.05, 4.69) is 12.2 Å². The molecule has 1 aromatic rings. The van der Waals surface area contributed by atoms with Crippen LogP contribution < -0.4 is 5.32 Å². The van der Waals surface area contributed by atoms with Crippen molar-refractivity contribution in [3.05, 3.63) is 22.4 Å². The maximum atomic E-state index is 12.8. The van der Waals surface area contributed by atoms with Crippen molar-refractivity contribution < 1.29 is 9.59 Å². The van der Waals surface area contributed by atoms with Crippen LogP contribution in [0.4, 0.5) is 0 Å². The standard InChI is InChI=1S/C15H22N2O2S/c1-5-10(12-8-7-9-20-12)17-11(6-2)13(18)16-15(3,4)14(17)19/h7-11H,5-6H2,1-4H3,(H,16,18). The van der Waals surface area contributed by atoms with Gasteiger partial charge in [-0.05, 0) is 38.1 Å². The summed E-state index contributed by atoms with van der Waals surface area (Å²) in [6.45, 7) is 7.55. The summed E-state index contributed by atoms with van der Waals surface area (Å²) in [6, 6.07) is 3.64. The first-order chi connectivity index (χ1) is 9.42. The van der Waals surface area contributed by atoms with Crippen molar-refractivity contribution in [2.75, 3.05) is 0 Å². The van der Waals surface area contributed by atoms with Gasteiger partial charge in [0.25, 0.3) is 0 Å². The lowest BCUT2D eigenvalue weighted by atomic mass is 9.93. The minimum Gasteiger partial charge on any atom is -0.340 e. The number of carbonyl (C=O) groups is 2. The molecule has 5 heteroatoms. The molecule has 20 heavy (non-hydrogen) atoms. The summed E-state index contributed by atoms with van der Waals surface area (Å²) in [4.78, 5) is 28.0. The third kappa shape index (κ3) is 2.46. The zero-order valence-electron chi connectivity index (χ0n) is 12.5. The molecule has 0 bridgehead atoms. The number of hydrogen-bond acceptors (Lipinski definition) is 3. The lowest BCUT2D eigenvalue weighted by Gasteiger charge is -2.46. The zero-order valence-corrected chi connectivity index (χ0v) is 13.3. The Bertz CT molecular complexity index is 496. The van der Waals surface area contributed by atoms with Crippen LogP contribution in [-0.4, -0.2) is 28.3 Å². The third-order valence-corrected chi connectivity index (χ3v) is 4.80. The van der Waals surface area contributed by atoms with E-state index >= 15 is 0 Å². The molecule has 0 aromatic carbocycles. The average Bonchev–Trinajstić information content (AvgIpc) is 2.89. The molecule has 0 radical (unpaired) electrons. The largest absolute Gasteiger partial charge is 0.340 e. The molecule has 2 amide bonds. The molecular formula is C15H22N2O2S. The second-order valence-electron chi connectivity index (χ2n) is 5.69. The first-order valence-electron chi connectivity index (χ1n) is 7.10. The van der Waals surface area contributed by atoms with Gasteiger partial charge in [0, 0.05) is 4.88 Å². The first kappa shape index (κ1) is 15.0. The molecule has 2 rings (SSSR count).